The number of sulfonamides is 1. The van der Waals surface area contributed by atoms with Crippen molar-refractivity contribution >= 4 is 33.2 Å². The van der Waals surface area contributed by atoms with E-state index in [-0.39, 0.29) is 19.0 Å². The zero-order valence-electron chi connectivity index (χ0n) is 13.9. The molecule has 6 nitrogen and oxygen atoms in total. The van der Waals surface area contributed by atoms with Crippen LogP contribution in [0, 0.1) is 0 Å². The molecule has 2 aromatic rings. The molecule has 0 atom stereocenters. The Balaban J connectivity index is 2.10. The maximum atomic E-state index is 12.1. The predicted octanol–water partition coefficient (Wildman–Crippen LogP) is 2.54. The Kier molecular flexibility index (Phi) is 6.27. The first-order valence-electron chi connectivity index (χ1n) is 7.47. The lowest BCUT2D eigenvalue weighted by Crippen LogP contribution is -2.38. The molecule has 0 unspecified atom stereocenters. The first-order valence-corrected chi connectivity index (χ1v) is 9.70. The van der Waals surface area contributed by atoms with Crippen LogP contribution in [0.2, 0.25) is 5.02 Å². The van der Waals surface area contributed by atoms with Crippen molar-refractivity contribution in [3.8, 4) is 5.75 Å². The highest BCUT2D eigenvalue weighted by atomic mass is 35.5. The van der Waals surface area contributed by atoms with Crippen molar-refractivity contribution in [2.75, 3.05) is 30.8 Å². The number of nitrogens with zero attached hydrogens (tertiary/aromatic N) is 1. The Morgan fingerprint density at radius 1 is 1.20 bits per heavy atom. The molecule has 0 aromatic heterocycles. The summed E-state index contributed by atoms with van der Waals surface area (Å²) in [5.74, 6) is 0.116. The summed E-state index contributed by atoms with van der Waals surface area (Å²) < 4.78 is 30.7. The van der Waals surface area contributed by atoms with E-state index >= 15 is 0 Å². The van der Waals surface area contributed by atoms with Crippen LogP contribution in [0.1, 0.15) is 10.4 Å². The van der Waals surface area contributed by atoms with Crippen LogP contribution in [-0.4, -0.2) is 40.8 Å². The summed E-state index contributed by atoms with van der Waals surface area (Å²) in [5, 5.41) is 3.15. The van der Waals surface area contributed by atoms with Crippen LogP contribution in [0.4, 0.5) is 5.69 Å². The van der Waals surface area contributed by atoms with E-state index in [1.54, 1.807) is 48.5 Å². The molecule has 1 amide bonds. The third kappa shape index (κ3) is 5.11. The molecule has 0 radical (unpaired) electrons. The van der Waals surface area contributed by atoms with E-state index in [2.05, 4.69) is 5.32 Å². The third-order valence-corrected chi connectivity index (χ3v) is 4.86. The normalized spacial score (nSPS) is 11.0. The lowest BCUT2D eigenvalue weighted by molar-refractivity contribution is 0.0955. The average Bonchev–Trinajstić information content (AvgIpc) is 2.57. The van der Waals surface area contributed by atoms with E-state index < -0.39 is 10.0 Å². The van der Waals surface area contributed by atoms with Gasteiger partial charge in [-0.3, -0.25) is 9.10 Å². The van der Waals surface area contributed by atoms with Crippen LogP contribution >= 0.6 is 11.6 Å². The molecule has 0 aliphatic carbocycles. The fourth-order valence-corrected chi connectivity index (χ4v) is 3.42. The molecule has 0 saturated carbocycles. The Hall–Kier alpha value is -2.25. The van der Waals surface area contributed by atoms with Crippen molar-refractivity contribution in [1.82, 2.24) is 5.32 Å². The number of hydrogen-bond donors (Lipinski definition) is 1. The second-order valence-corrected chi connectivity index (χ2v) is 7.62. The Labute approximate surface area is 152 Å². The molecular weight excluding hydrogens is 364 g/mol. The van der Waals surface area contributed by atoms with Crippen LogP contribution in [0.3, 0.4) is 0 Å². The Morgan fingerprint density at radius 3 is 2.56 bits per heavy atom. The fourth-order valence-electron chi connectivity index (χ4n) is 2.30. The highest BCUT2D eigenvalue weighted by molar-refractivity contribution is 7.92. The van der Waals surface area contributed by atoms with E-state index in [0.29, 0.717) is 22.0 Å². The quantitative estimate of drug-likeness (QED) is 0.798. The van der Waals surface area contributed by atoms with E-state index in [0.717, 1.165) is 6.26 Å². The standard InChI is InChI=1S/C17H19ClN2O4S/c1-24-16-9-4-3-8-15(16)20(25(2,22)23)11-10-19-17(21)13-6-5-7-14(18)12-13/h3-9,12H,10-11H2,1-2H3,(H,19,21). The smallest absolute Gasteiger partial charge is 0.251 e. The van der Waals surface area contributed by atoms with Gasteiger partial charge in [0.15, 0.2) is 0 Å². The molecule has 0 fully saturated rings. The number of carbonyl (C=O) groups is 1. The highest BCUT2D eigenvalue weighted by Crippen LogP contribution is 2.29. The molecule has 25 heavy (non-hydrogen) atoms. The average molecular weight is 383 g/mol. The fraction of sp³-hybridized carbons (Fsp3) is 0.235. The van der Waals surface area contributed by atoms with Crippen LogP contribution < -0.4 is 14.4 Å². The van der Waals surface area contributed by atoms with Gasteiger partial charge in [-0.25, -0.2) is 8.42 Å². The van der Waals surface area contributed by atoms with E-state index in [9.17, 15) is 13.2 Å². The van der Waals surface area contributed by atoms with E-state index in [4.69, 9.17) is 16.3 Å². The van der Waals surface area contributed by atoms with Crippen LogP contribution in [0.5, 0.6) is 5.75 Å². The lowest BCUT2D eigenvalue weighted by atomic mass is 10.2. The van der Waals surface area contributed by atoms with E-state index in [1.807, 2.05) is 0 Å². The molecule has 0 aliphatic rings. The minimum absolute atomic E-state index is 0.0749. The van der Waals surface area contributed by atoms with Crippen LogP contribution in [0.15, 0.2) is 48.5 Å². The Morgan fingerprint density at radius 2 is 1.92 bits per heavy atom. The molecular formula is C17H19ClN2O4S. The molecule has 0 aliphatic heterocycles. The molecule has 2 aromatic carbocycles. The molecule has 0 saturated heterocycles. The third-order valence-electron chi connectivity index (χ3n) is 3.44. The molecule has 134 valence electrons. The minimum Gasteiger partial charge on any atom is -0.495 e. The topological polar surface area (TPSA) is 75.7 Å². The van der Waals surface area contributed by atoms with Crippen molar-refractivity contribution in [3.05, 3.63) is 59.1 Å². The SMILES string of the molecule is COc1ccccc1N(CCNC(=O)c1cccc(Cl)c1)S(C)(=O)=O. The first kappa shape index (κ1) is 19.1. The van der Waals surface area contributed by atoms with Gasteiger partial charge in [0.05, 0.1) is 25.6 Å². The van der Waals surface area contributed by atoms with Gasteiger partial charge in [-0.15, -0.1) is 0 Å². The summed E-state index contributed by atoms with van der Waals surface area (Å²) in [4.78, 5) is 12.1. The lowest BCUT2D eigenvalue weighted by Gasteiger charge is -2.24. The number of halogens is 1. The minimum atomic E-state index is -3.54. The number of ether oxygens (including phenoxy) is 1. The van der Waals surface area contributed by atoms with Gasteiger partial charge in [-0.05, 0) is 30.3 Å². The first-order chi connectivity index (χ1) is 11.8. The number of nitrogens with one attached hydrogen (secondary N) is 1. The summed E-state index contributed by atoms with van der Waals surface area (Å²) in [6.45, 7) is 0.210. The van der Waals surface area contributed by atoms with Crippen molar-refractivity contribution in [2.24, 2.45) is 0 Å². The van der Waals surface area contributed by atoms with E-state index in [1.165, 1.54) is 11.4 Å². The van der Waals surface area contributed by atoms with Crippen molar-refractivity contribution in [1.29, 1.82) is 0 Å². The summed E-state index contributed by atoms with van der Waals surface area (Å²) in [7, 11) is -2.07. The van der Waals surface area contributed by atoms with Crippen molar-refractivity contribution in [2.45, 2.75) is 0 Å². The summed E-state index contributed by atoms with van der Waals surface area (Å²) in [6, 6.07) is 13.3. The number of anilines is 1. The molecule has 2 rings (SSSR count). The van der Waals surface area contributed by atoms with Crippen molar-refractivity contribution in [3.63, 3.8) is 0 Å². The summed E-state index contributed by atoms with van der Waals surface area (Å²) in [6.07, 6.45) is 1.11. The van der Waals surface area contributed by atoms with Gasteiger partial charge in [0, 0.05) is 17.1 Å². The second-order valence-electron chi connectivity index (χ2n) is 5.27. The molecule has 0 spiro atoms. The van der Waals surface area contributed by atoms with Gasteiger partial charge in [0.2, 0.25) is 10.0 Å². The maximum absolute atomic E-state index is 12.1. The van der Waals surface area contributed by atoms with Gasteiger partial charge in [-0.1, -0.05) is 29.8 Å². The molecule has 0 heterocycles. The van der Waals surface area contributed by atoms with Gasteiger partial charge in [0.1, 0.15) is 5.75 Å². The zero-order chi connectivity index (χ0) is 18.4. The number of carbonyl (C=O) groups excluding carboxylic acids is 1. The van der Waals surface area contributed by atoms with Crippen LogP contribution in [-0.2, 0) is 10.0 Å². The molecule has 1 N–H and O–H groups in total. The number of rotatable bonds is 7. The Bertz CT molecular complexity index is 855. The number of methoxy groups -OCH3 is 1. The van der Waals surface area contributed by atoms with Crippen molar-refractivity contribution < 1.29 is 17.9 Å². The number of hydrogen-bond acceptors (Lipinski definition) is 4. The number of amides is 1. The molecule has 8 heteroatoms. The van der Waals surface area contributed by atoms with Gasteiger partial charge >= 0.3 is 0 Å². The summed E-state index contributed by atoms with van der Waals surface area (Å²) >= 11 is 5.87. The number of benzene rings is 2. The van der Waals surface area contributed by atoms with Gasteiger partial charge in [0.25, 0.3) is 5.91 Å². The monoisotopic (exact) mass is 382 g/mol. The maximum Gasteiger partial charge on any atom is 0.251 e. The van der Waals surface area contributed by atoms with Gasteiger partial charge < -0.3 is 10.1 Å². The second kappa shape index (κ2) is 8.22. The molecule has 0 bridgehead atoms. The predicted molar refractivity (Wildman–Crippen MR) is 99.0 cm³/mol. The highest BCUT2D eigenvalue weighted by Gasteiger charge is 2.20. The largest absolute Gasteiger partial charge is 0.495 e. The zero-order valence-corrected chi connectivity index (χ0v) is 15.5. The summed E-state index contributed by atoms with van der Waals surface area (Å²) in [5.41, 5.74) is 0.834. The van der Waals surface area contributed by atoms with Crippen LogP contribution in [0.25, 0.3) is 0 Å². The number of para-hydroxylation sites is 2. The van der Waals surface area contributed by atoms with Gasteiger partial charge in [-0.2, -0.15) is 0 Å².